The third kappa shape index (κ3) is 6.62. The maximum Gasteiger partial charge on any atom is 0.198 e. The summed E-state index contributed by atoms with van der Waals surface area (Å²) in [5, 5.41) is 134. The quantitative estimate of drug-likeness (QED) is 0.126. The average Bonchev–Trinajstić information content (AvgIpc) is 3.16. The van der Waals surface area contributed by atoms with Gasteiger partial charge in [0.05, 0.1) is 25.4 Å². The molecule has 0 aromatic rings. The highest BCUT2D eigenvalue weighted by molar-refractivity contribution is 5.28. The van der Waals surface area contributed by atoms with E-state index >= 15 is 0 Å². The number of methoxy groups -OCH3 is 2. The molecule has 4 fully saturated rings. The summed E-state index contributed by atoms with van der Waals surface area (Å²) in [6.07, 6.45) is -1.29. The minimum atomic E-state index is -2.66. The molecule has 4 heterocycles. The summed E-state index contributed by atoms with van der Waals surface area (Å²) in [4.78, 5) is 0. The molecular formula is C46H86O20. The van der Waals surface area contributed by atoms with Gasteiger partial charge in [-0.25, -0.2) is 0 Å². The van der Waals surface area contributed by atoms with Crippen LogP contribution in [0, 0.1) is 0 Å². The molecule has 20 unspecified atom stereocenters. The van der Waals surface area contributed by atoms with Crippen molar-refractivity contribution >= 4 is 0 Å². The van der Waals surface area contributed by atoms with Crippen LogP contribution in [0.5, 0.6) is 0 Å². The molecule has 0 amide bonds. The molecule has 0 saturated carbocycles. The van der Waals surface area contributed by atoms with E-state index < -0.39 is 126 Å². The highest BCUT2D eigenvalue weighted by Gasteiger charge is 2.82. The predicted octanol–water partition coefficient (Wildman–Crippen LogP) is 0.389. The third-order valence-electron chi connectivity index (χ3n) is 19.5. The number of rotatable bonds is 12. The first kappa shape index (κ1) is 57.8. The van der Waals surface area contributed by atoms with Gasteiger partial charge in [0.25, 0.3) is 0 Å². The molecule has 20 nitrogen and oxygen atoms in total. The van der Waals surface area contributed by atoms with E-state index in [0.29, 0.717) is 0 Å². The molecule has 20 heteroatoms. The van der Waals surface area contributed by atoms with Gasteiger partial charge in [-0.05, 0) is 138 Å². The van der Waals surface area contributed by atoms with E-state index in [9.17, 15) is 56.2 Å². The largest absolute Gasteiger partial charge is 0.384 e. The molecule has 4 aliphatic heterocycles. The Morgan fingerprint density at radius 3 is 1.15 bits per heavy atom. The second-order valence-corrected chi connectivity index (χ2v) is 23.0. The fourth-order valence-electron chi connectivity index (χ4n) is 10.9. The first-order valence-electron chi connectivity index (χ1n) is 22.5. The second-order valence-electron chi connectivity index (χ2n) is 23.0. The van der Waals surface area contributed by atoms with Crippen molar-refractivity contribution in [3.05, 3.63) is 0 Å². The molecule has 0 aliphatic carbocycles. The van der Waals surface area contributed by atoms with Crippen LogP contribution >= 0.6 is 0 Å². The molecule has 0 aromatic carbocycles. The zero-order valence-corrected chi connectivity index (χ0v) is 43.5. The SMILES string of the molecule is CCC1(C)OC(C)(OCC2(C)OC(C)(OCC3(C)OC(C)(OC)C(C)(O)C(C)(O)C3(C)O)C(C)(O)C(C)(OC3(C)OC(COC)C(C)(O)C(C)(O)C3(C)O)C2(C)O)C(C)(O)C(C)(O)C1(C)O. The summed E-state index contributed by atoms with van der Waals surface area (Å²) < 4.78 is 56.8. The molecular weight excluding hydrogens is 872 g/mol. The summed E-state index contributed by atoms with van der Waals surface area (Å²) in [6, 6.07) is 0. The molecule has 390 valence electrons. The number of aliphatic hydroxyl groups is 11. The van der Waals surface area contributed by atoms with Crippen LogP contribution in [0.2, 0.25) is 0 Å². The number of hydrogen-bond donors (Lipinski definition) is 11. The minimum absolute atomic E-state index is 0.117. The molecule has 0 radical (unpaired) electrons. The lowest BCUT2D eigenvalue weighted by molar-refractivity contribution is -0.521. The van der Waals surface area contributed by atoms with E-state index in [0.717, 1.165) is 13.8 Å². The van der Waals surface area contributed by atoms with E-state index in [2.05, 4.69) is 0 Å². The van der Waals surface area contributed by atoms with E-state index in [1.54, 1.807) is 6.92 Å². The normalized spacial score (nSPS) is 61.5. The molecule has 66 heavy (non-hydrogen) atoms. The molecule has 11 N–H and O–H groups in total. The van der Waals surface area contributed by atoms with Gasteiger partial charge in [-0.3, -0.25) is 0 Å². The Morgan fingerprint density at radius 1 is 0.394 bits per heavy atom. The Kier molecular flexibility index (Phi) is 13.4. The van der Waals surface area contributed by atoms with E-state index in [1.807, 2.05) is 0 Å². The van der Waals surface area contributed by atoms with Gasteiger partial charge >= 0.3 is 0 Å². The van der Waals surface area contributed by atoms with Crippen LogP contribution < -0.4 is 0 Å². The Labute approximate surface area is 390 Å². The lowest BCUT2D eigenvalue weighted by atomic mass is 9.59. The van der Waals surface area contributed by atoms with Crippen LogP contribution in [0.15, 0.2) is 0 Å². The summed E-state index contributed by atoms with van der Waals surface area (Å²) in [6.45, 7) is 23.9. The van der Waals surface area contributed by atoms with Crippen LogP contribution in [0.3, 0.4) is 0 Å². The lowest BCUT2D eigenvalue weighted by Crippen LogP contribution is -2.89. The van der Waals surface area contributed by atoms with Gasteiger partial charge in [-0.1, -0.05) is 6.92 Å². The summed E-state index contributed by atoms with van der Waals surface area (Å²) in [5.41, 5.74) is -34.7. The van der Waals surface area contributed by atoms with Gasteiger partial charge < -0.3 is 98.8 Å². The Hall–Kier alpha value is -0.800. The zero-order chi connectivity index (χ0) is 52.3. The van der Waals surface area contributed by atoms with Crippen molar-refractivity contribution in [3.63, 3.8) is 0 Å². The standard InChI is InChI=1S/C46H86O20/c1-23-28(2)32(6,48)36(10,52)40(14,56)44(18,63-28)60-26-30(4)34(8,50)42(16,66-46(20)38(12,54)35(9,51)31(5,47)27(62-46)24-58-21)41(15,57)45(19,65-30)61-25-29(3)33(7,49)37(11,53)39(13,55)43(17,59-22)64-29/h27,47-57H,23-26H2,1-22H3. The van der Waals surface area contributed by atoms with Crippen LogP contribution in [0.25, 0.3) is 0 Å². The monoisotopic (exact) mass is 959 g/mol. The minimum Gasteiger partial charge on any atom is -0.384 e. The van der Waals surface area contributed by atoms with Crippen molar-refractivity contribution in [1.82, 2.24) is 0 Å². The van der Waals surface area contributed by atoms with E-state index in [4.69, 9.17) is 42.6 Å². The maximum absolute atomic E-state index is 13.3. The first-order valence-corrected chi connectivity index (χ1v) is 22.5. The van der Waals surface area contributed by atoms with Gasteiger partial charge in [0.1, 0.15) is 84.5 Å². The number of ether oxygens (including phenoxy) is 9. The fourth-order valence-corrected chi connectivity index (χ4v) is 10.9. The Bertz CT molecular complexity index is 1740. The van der Waals surface area contributed by atoms with Crippen molar-refractivity contribution in [1.29, 1.82) is 0 Å². The zero-order valence-electron chi connectivity index (χ0n) is 43.5. The topological polar surface area (TPSA) is 306 Å². The van der Waals surface area contributed by atoms with Crippen LogP contribution in [-0.4, -0.2) is 203 Å². The average molecular weight is 959 g/mol. The van der Waals surface area contributed by atoms with Gasteiger partial charge in [0.15, 0.2) is 23.1 Å². The molecule has 4 aliphatic rings. The van der Waals surface area contributed by atoms with Gasteiger partial charge in [0.2, 0.25) is 0 Å². The van der Waals surface area contributed by atoms with Gasteiger partial charge in [-0.2, -0.15) is 0 Å². The van der Waals surface area contributed by atoms with E-state index in [-0.39, 0.29) is 13.0 Å². The first-order chi connectivity index (χ1) is 28.8. The molecule has 0 aromatic heterocycles. The van der Waals surface area contributed by atoms with Crippen molar-refractivity contribution in [2.75, 3.05) is 34.0 Å². The van der Waals surface area contributed by atoms with Crippen molar-refractivity contribution in [3.8, 4) is 0 Å². The molecule has 4 saturated heterocycles. The Morgan fingerprint density at radius 2 is 0.742 bits per heavy atom. The summed E-state index contributed by atoms with van der Waals surface area (Å²) >= 11 is 0. The van der Waals surface area contributed by atoms with Gasteiger partial charge in [0, 0.05) is 14.2 Å². The van der Waals surface area contributed by atoms with Crippen molar-refractivity contribution < 1.29 is 98.8 Å². The summed E-state index contributed by atoms with van der Waals surface area (Å²) in [5.74, 6) is -9.18. The van der Waals surface area contributed by atoms with Crippen molar-refractivity contribution in [2.45, 2.75) is 258 Å². The van der Waals surface area contributed by atoms with Crippen LogP contribution in [0.4, 0.5) is 0 Å². The molecule has 0 bridgehead atoms. The fraction of sp³-hybridized carbons (Fsp3) is 1.00. The van der Waals surface area contributed by atoms with Crippen molar-refractivity contribution in [2.24, 2.45) is 0 Å². The van der Waals surface area contributed by atoms with E-state index in [1.165, 1.54) is 132 Å². The molecule has 20 atom stereocenters. The smallest absolute Gasteiger partial charge is 0.198 e. The third-order valence-corrected chi connectivity index (χ3v) is 19.5. The lowest BCUT2D eigenvalue weighted by Gasteiger charge is -2.70. The summed E-state index contributed by atoms with van der Waals surface area (Å²) in [7, 11) is 2.55. The highest BCUT2D eigenvalue weighted by atomic mass is 16.8. The predicted molar refractivity (Wildman–Crippen MR) is 234 cm³/mol. The highest BCUT2D eigenvalue weighted by Crippen LogP contribution is 2.62. The molecule has 0 spiro atoms. The van der Waals surface area contributed by atoms with Gasteiger partial charge in [-0.15, -0.1) is 0 Å². The maximum atomic E-state index is 13.3. The second kappa shape index (κ2) is 15.4. The Balaban J connectivity index is 2.00. The van der Waals surface area contributed by atoms with Crippen LogP contribution in [-0.2, 0) is 42.6 Å². The van der Waals surface area contributed by atoms with Crippen LogP contribution in [0.1, 0.15) is 145 Å². The molecule has 4 rings (SSSR count). The number of hydrogen-bond acceptors (Lipinski definition) is 20.